The topological polar surface area (TPSA) is 107 Å². The Morgan fingerprint density at radius 1 is 1.09 bits per heavy atom. The van der Waals surface area contributed by atoms with E-state index in [9.17, 15) is 17.6 Å². The Labute approximate surface area is 184 Å². The third-order valence-corrected chi connectivity index (χ3v) is 6.06. The molecular formula is C22H20FN5O3S. The molecule has 0 fully saturated rings. The van der Waals surface area contributed by atoms with E-state index in [1.165, 1.54) is 30.6 Å². The van der Waals surface area contributed by atoms with Crippen LogP contribution in [0.1, 0.15) is 29.8 Å². The predicted octanol–water partition coefficient (Wildman–Crippen LogP) is 3.02. The van der Waals surface area contributed by atoms with E-state index in [1.807, 2.05) is 0 Å². The molecule has 0 aliphatic rings. The van der Waals surface area contributed by atoms with Crippen LogP contribution in [-0.4, -0.2) is 40.3 Å². The van der Waals surface area contributed by atoms with Gasteiger partial charge in [0.05, 0.1) is 34.7 Å². The summed E-state index contributed by atoms with van der Waals surface area (Å²) in [5.41, 5.74) is 1.22. The van der Waals surface area contributed by atoms with Gasteiger partial charge in [0.25, 0.3) is 5.91 Å². The number of fused-ring (bicyclic) bond motifs is 1. The highest BCUT2D eigenvalue weighted by molar-refractivity contribution is 7.90. The molecule has 0 unspecified atom stereocenters. The number of pyridine rings is 2. The number of nitrogens with one attached hydrogen (secondary N) is 1. The average Bonchev–Trinajstić information content (AvgIpc) is 3.17. The van der Waals surface area contributed by atoms with Gasteiger partial charge in [-0.3, -0.25) is 9.78 Å². The summed E-state index contributed by atoms with van der Waals surface area (Å²) in [6, 6.07) is 8.92. The van der Waals surface area contributed by atoms with Crippen LogP contribution >= 0.6 is 0 Å². The molecule has 10 heteroatoms. The van der Waals surface area contributed by atoms with Crippen LogP contribution in [0, 0.1) is 5.82 Å². The van der Waals surface area contributed by atoms with Crippen molar-refractivity contribution in [3.63, 3.8) is 0 Å². The fraction of sp³-hybridized carbons (Fsp3) is 0.182. The standard InChI is InChI=1S/C22H20FN5O3S/c1-22(2,14-8-9-25-20(10-14)32(3,30)31)27-21(29)18-11-24-13-19-17(18)12-26-28(19)16-6-4-15(23)5-7-16/h4-13H,1-3H3,(H,27,29). The van der Waals surface area contributed by atoms with Crippen molar-refractivity contribution in [3.05, 3.63) is 78.1 Å². The fourth-order valence-corrected chi connectivity index (χ4v) is 3.93. The number of amides is 1. The summed E-state index contributed by atoms with van der Waals surface area (Å²) in [4.78, 5) is 21.2. The van der Waals surface area contributed by atoms with Crippen LogP contribution in [0.4, 0.5) is 4.39 Å². The first-order valence-corrected chi connectivity index (χ1v) is 11.5. The Kier molecular flexibility index (Phi) is 5.25. The zero-order chi connectivity index (χ0) is 23.1. The Morgan fingerprint density at radius 3 is 2.50 bits per heavy atom. The van der Waals surface area contributed by atoms with Crippen molar-refractivity contribution >= 4 is 26.6 Å². The maximum Gasteiger partial charge on any atom is 0.254 e. The molecule has 32 heavy (non-hydrogen) atoms. The number of halogens is 1. The fourth-order valence-electron chi connectivity index (χ4n) is 3.33. The SMILES string of the molecule is CC(C)(NC(=O)c1cncc2c1cnn2-c1ccc(F)cc1)c1ccnc(S(C)(=O)=O)c1. The quantitative estimate of drug-likeness (QED) is 0.498. The molecule has 3 aromatic heterocycles. The molecule has 3 heterocycles. The van der Waals surface area contributed by atoms with Gasteiger partial charge in [0, 0.05) is 24.0 Å². The van der Waals surface area contributed by atoms with E-state index in [1.54, 1.807) is 49.1 Å². The van der Waals surface area contributed by atoms with Crippen LogP contribution in [0.5, 0.6) is 0 Å². The van der Waals surface area contributed by atoms with Crippen molar-refractivity contribution in [2.24, 2.45) is 0 Å². The minimum atomic E-state index is -3.49. The molecule has 164 valence electrons. The monoisotopic (exact) mass is 453 g/mol. The van der Waals surface area contributed by atoms with Gasteiger partial charge in [-0.05, 0) is 55.8 Å². The molecule has 4 aromatic rings. The molecule has 0 saturated heterocycles. The van der Waals surface area contributed by atoms with Gasteiger partial charge in [0.15, 0.2) is 14.9 Å². The van der Waals surface area contributed by atoms with Crippen LogP contribution in [-0.2, 0) is 15.4 Å². The number of rotatable bonds is 5. The zero-order valence-corrected chi connectivity index (χ0v) is 18.4. The summed E-state index contributed by atoms with van der Waals surface area (Å²) in [7, 11) is -3.49. The van der Waals surface area contributed by atoms with Crippen molar-refractivity contribution in [1.82, 2.24) is 25.1 Å². The minimum absolute atomic E-state index is 0.0679. The molecule has 8 nitrogen and oxygen atoms in total. The van der Waals surface area contributed by atoms with Gasteiger partial charge in [-0.15, -0.1) is 0 Å². The third-order valence-electron chi connectivity index (χ3n) is 5.08. The van der Waals surface area contributed by atoms with Gasteiger partial charge in [0.1, 0.15) is 5.82 Å². The zero-order valence-electron chi connectivity index (χ0n) is 17.6. The highest BCUT2D eigenvalue weighted by Crippen LogP contribution is 2.25. The summed E-state index contributed by atoms with van der Waals surface area (Å²) < 4.78 is 38.5. The van der Waals surface area contributed by atoms with Crippen molar-refractivity contribution in [2.45, 2.75) is 24.4 Å². The van der Waals surface area contributed by atoms with E-state index in [0.29, 0.717) is 27.7 Å². The third kappa shape index (κ3) is 4.09. The largest absolute Gasteiger partial charge is 0.343 e. The van der Waals surface area contributed by atoms with Crippen LogP contribution in [0.15, 0.2) is 66.2 Å². The van der Waals surface area contributed by atoms with E-state index in [0.717, 1.165) is 6.26 Å². The number of carbonyl (C=O) groups excluding carboxylic acids is 1. The second-order valence-electron chi connectivity index (χ2n) is 7.89. The molecule has 1 amide bonds. The van der Waals surface area contributed by atoms with Gasteiger partial charge in [0.2, 0.25) is 0 Å². The van der Waals surface area contributed by atoms with E-state index in [-0.39, 0.29) is 10.8 Å². The Morgan fingerprint density at radius 2 is 1.81 bits per heavy atom. The second-order valence-corrected chi connectivity index (χ2v) is 9.85. The number of aromatic nitrogens is 4. The molecule has 0 saturated carbocycles. The predicted molar refractivity (Wildman–Crippen MR) is 117 cm³/mol. The minimum Gasteiger partial charge on any atom is -0.343 e. The van der Waals surface area contributed by atoms with Crippen molar-refractivity contribution in [3.8, 4) is 5.69 Å². The Hall–Kier alpha value is -3.66. The molecule has 0 spiro atoms. The molecule has 1 aromatic carbocycles. The lowest BCUT2D eigenvalue weighted by Crippen LogP contribution is -2.41. The Bertz CT molecular complexity index is 1430. The number of carbonyl (C=O) groups is 1. The molecule has 0 radical (unpaired) electrons. The van der Waals surface area contributed by atoms with Gasteiger partial charge < -0.3 is 5.32 Å². The maximum atomic E-state index is 13.3. The summed E-state index contributed by atoms with van der Waals surface area (Å²) in [6.07, 6.45) is 7.05. The number of hydrogen-bond acceptors (Lipinski definition) is 6. The molecule has 4 rings (SSSR count). The first-order valence-electron chi connectivity index (χ1n) is 9.63. The van der Waals surface area contributed by atoms with Crippen LogP contribution in [0.3, 0.4) is 0 Å². The molecule has 0 atom stereocenters. The second kappa shape index (κ2) is 7.79. The number of hydrogen-bond donors (Lipinski definition) is 1. The maximum absolute atomic E-state index is 13.3. The molecular weight excluding hydrogens is 433 g/mol. The van der Waals surface area contributed by atoms with E-state index in [4.69, 9.17) is 0 Å². The molecule has 1 N–H and O–H groups in total. The highest BCUT2D eigenvalue weighted by atomic mass is 32.2. The van der Waals surface area contributed by atoms with E-state index >= 15 is 0 Å². The Balaban J connectivity index is 1.68. The lowest BCUT2D eigenvalue weighted by Gasteiger charge is -2.27. The molecule has 0 aliphatic heterocycles. The van der Waals surface area contributed by atoms with Crippen LogP contribution in [0.25, 0.3) is 16.6 Å². The normalized spacial score (nSPS) is 12.1. The smallest absolute Gasteiger partial charge is 0.254 e. The summed E-state index contributed by atoms with van der Waals surface area (Å²) in [5, 5.41) is 7.76. The summed E-state index contributed by atoms with van der Waals surface area (Å²) in [5.74, 6) is -0.759. The van der Waals surface area contributed by atoms with Gasteiger partial charge in [-0.1, -0.05) is 0 Å². The van der Waals surface area contributed by atoms with Crippen LogP contribution < -0.4 is 5.32 Å². The summed E-state index contributed by atoms with van der Waals surface area (Å²) >= 11 is 0. The highest BCUT2D eigenvalue weighted by Gasteiger charge is 2.26. The van der Waals surface area contributed by atoms with Crippen molar-refractivity contribution < 1.29 is 17.6 Å². The van der Waals surface area contributed by atoms with Gasteiger partial charge >= 0.3 is 0 Å². The van der Waals surface area contributed by atoms with E-state index in [2.05, 4.69) is 20.4 Å². The van der Waals surface area contributed by atoms with Crippen molar-refractivity contribution in [1.29, 1.82) is 0 Å². The number of sulfone groups is 1. The first kappa shape index (κ1) is 21.6. The molecule has 0 aliphatic carbocycles. The average molecular weight is 453 g/mol. The molecule has 0 bridgehead atoms. The number of nitrogens with zero attached hydrogens (tertiary/aromatic N) is 4. The lowest BCUT2D eigenvalue weighted by molar-refractivity contribution is 0.0913. The van der Waals surface area contributed by atoms with Crippen molar-refractivity contribution in [2.75, 3.05) is 6.26 Å². The van der Waals surface area contributed by atoms with Gasteiger partial charge in [-0.25, -0.2) is 22.5 Å². The lowest BCUT2D eigenvalue weighted by atomic mass is 9.95. The van der Waals surface area contributed by atoms with Crippen LogP contribution in [0.2, 0.25) is 0 Å². The van der Waals surface area contributed by atoms with E-state index < -0.39 is 21.3 Å². The first-order chi connectivity index (χ1) is 15.1. The number of benzene rings is 1. The van der Waals surface area contributed by atoms with Gasteiger partial charge in [-0.2, -0.15) is 5.10 Å². The summed E-state index contributed by atoms with van der Waals surface area (Å²) in [6.45, 7) is 3.53.